The van der Waals surface area contributed by atoms with Crippen LogP contribution >= 0.6 is 35.6 Å². The van der Waals surface area contributed by atoms with Crippen molar-refractivity contribution < 1.29 is 9.59 Å². The third-order valence-corrected chi connectivity index (χ3v) is 4.60. The number of rotatable bonds is 2. The maximum absolute atomic E-state index is 12.5. The summed E-state index contributed by atoms with van der Waals surface area (Å²) in [5.41, 5.74) is 0.983. The molecule has 114 valence electrons. The number of benzene rings is 1. The summed E-state index contributed by atoms with van der Waals surface area (Å²) in [6.45, 7) is 0. The van der Waals surface area contributed by atoms with Crippen molar-refractivity contribution in [2.45, 2.75) is 0 Å². The van der Waals surface area contributed by atoms with Gasteiger partial charge in [-0.3, -0.25) is 14.6 Å². The molecule has 1 saturated heterocycles. The highest BCUT2D eigenvalue weighted by atomic mass is 35.5. The number of aromatic nitrogens is 1. The van der Waals surface area contributed by atoms with Crippen molar-refractivity contribution in [3.8, 4) is 0 Å². The van der Waals surface area contributed by atoms with Crippen LogP contribution in [-0.2, 0) is 4.79 Å². The lowest BCUT2D eigenvalue weighted by molar-refractivity contribution is -0.120. The van der Waals surface area contributed by atoms with Crippen LogP contribution in [0.3, 0.4) is 0 Å². The topological polar surface area (TPSA) is 50.3 Å². The molecule has 0 unspecified atom stereocenters. The molecule has 0 N–H and O–H groups in total. The third-order valence-electron chi connectivity index (χ3n) is 3.05. The average molecular weight is 361 g/mol. The van der Waals surface area contributed by atoms with Crippen molar-refractivity contribution in [2.24, 2.45) is 0 Å². The number of carbonyl (C=O) groups is 2. The zero-order valence-electron chi connectivity index (χ0n) is 11.6. The summed E-state index contributed by atoms with van der Waals surface area (Å²) in [4.78, 5) is 30.2. The van der Waals surface area contributed by atoms with Crippen molar-refractivity contribution in [3.05, 3.63) is 69.8 Å². The minimum absolute atomic E-state index is 0.177. The van der Waals surface area contributed by atoms with Gasteiger partial charge in [0.15, 0.2) is 4.32 Å². The van der Waals surface area contributed by atoms with Gasteiger partial charge in [0.2, 0.25) is 0 Å². The average Bonchev–Trinajstić information content (AvgIpc) is 2.84. The summed E-state index contributed by atoms with van der Waals surface area (Å²) >= 11 is 12.1. The number of amides is 2. The summed E-state index contributed by atoms with van der Waals surface area (Å²) in [6, 6.07) is 12.0. The van der Waals surface area contributed by atoms with Crippen LogP contribution in [0.5, 0.6) is 0 Å². The van der Waals surface area contributed by atoms with Crippen LogP contribution in [0.25, 0.3) is 6.08 Å². The van der Waals surface area contributed by atoms with E-state index in [1.807, 2.05) is 0 Å². The van der Waals surface area contributed by atoms with Crippen molar-refractivity contribution in [1.29, 1.82) is 0 Å². The highest BCUT2D eigenvalue weighted by Gasteiger charge is 2.37. The first-order valence-corrected chi connectivity index (χ1v) is 8.15. The Morgan fingerprint density at radius 2 is 1.96 bits per heavy atom. The fraction of sp³-hybridized carbons (Fsp3) is 0. The van der Waals surface area contributed by atoms with Gasteiger partial charge in [-0.15, -0.1) is 0 Å². The van der Waals surface area contributed by atoms with Gasteiger partial charge in [0.25, 0.3) is 11.8 Å². The second-order valence-corrected chi connectivity index (χ2v) is 6.70. The molecule has 4 nitrogen and oxygen atoms in total. The van der Waals surface area contributed by atoms with E-state index in [1.54, 1.807) is 48.5 Å². The van der Waals surface area contributed by atoms with E-state index in [4.69, 9.17) is 23.8 Å². The Kier molecular flexibility index (Phi) is 4.56. The van der Waals surface area contributed by atoms with Gasteiger partial charge in [-0.05, 0) is 35.9 Å². The summed E-state index contributed by atoms with van der Waals surface area (Å²) < 4.78 is 0.200. The van der Waals surface area contributed by atoms with Crippen LogP contribution in [0, 0.1) is 0 Å². The lowest BCUT2D eigenvalue weighted by Crippen LogP contribution is -2.35. The first-order chi connectivity index (χ1) is 11.1. The van der Waals surface area contributed by atoms with Gasteiger partial charge in [0.1, 0.15) is 5.69 Å². The summed E-state index contributed by atoms with van der Waals surface area (Å²) in [5.74, 6) is -0.960. The van der Waals surface area contributed by atoms with Crippen molar-refractivity contribution in [1.82, 2.24) is 9.88 Å². The van der Waals surface area contributed by atoms with E-state index in [2.05, 4.69) is 4.98 Å². The van der Waals surface area contributed by atoms with Gasteiger partial charge in [-0.1, -0.05) is 53.8 Å². The number of pyridine rings is 1. The molecule has 2 amide bonds. The van der Waals surface area contributed by atoms with Crippen LogP contribution in [0.1, 0.15) is 16.1 Å². The lowest BCUT2D eigenvalue weighted by Gasteiger charge is -2.11. The van der Waals surface area contributed by atoms with Crippen molar-refractivity contribution in [3.63, 3.8) is 0 Å². The Morgan fingerprint density at radius 1 is 1.22 bits per heavy atom. The molecule has 1 aliphatic rings. The largest absolute Gasteiger partial charge is 0.285 e. The van der Waals surface area contributed by atoms with Gasteiger partial charge in [-0.2, -0.15) is 0 Å². The van der Waals surface area contributed by atoms with E-state index in [1.165, 1.54) is 6.20 Å². The van der Waals surface area contributed by atoms with Crippen LogP contribution in [0.15, 0.2) is 53.6 Å². The molecule has 1 aromatic heterocycles. The molecule has 1 aromatic carbocycles. The van der Waals surface area contributed by atoms with Gasteiger partial charge >= 0.3 is 0 Å². The molecule has 0 radical (unpaired) electrons. The maximum atomic E-state index is 12.5. The second-order valence-electron chi connectivity index (χ2n) is 4.59. The summed E-state index contributed by atoms with van der Waals surface area (Å²) in [6.07, 6.45) is 3.18. The zero-order chi connectivity index (χ0) is 16.4. The monoisotopic (exact) mass is 360 g/mol. The van der Waals surface area contributed by atoms with Crippen LogP contribution < -0.4 is 0 Å². The number of thioether (sulfide) groups is 1. The number of thiocarbonyl (C=S) groups is 1. The first-order valence-electron chi connectivity index (χ1n) is 6.55. The molecule has 23 heavy (non-hydrogen) atoms. The Morgan fingerprint density at radius 3 is 2.61 bits per heavy atom. The quantitative estimate of drug-likeness (QED) is 0.463. The number of imide groups is 1. The first kappa shape index (κ1) is 15.9. The highest BCUT2D eigenvalue weighted by molar-refractivity contribution is 8.26. The fourth-order valence-corrected chi connectivity index (χ4v) is 3.34. The molecular weight excluding hydrogens is 352 g/mol. The molecule has 0 spiro atoms. The smallest absolute Gasteiger partial charge is 0.268 e. The highest BCUT2D eigenvalue weighted by Crippen LogP contribution is 2.33. The Labute approximate surface area is 147 Å². The van der Waals surface area contributed by atoms with Gasteiger partial charge in [0, 0.05) is 11.2 Å². The van der Waals surface area contributed by atoms with Gasteiger partial charge < -0.3 is 0 Å². The molecule has 0 aliphatic carbocycles. The SMILES string of the molecule is O=C1/C(=C\c2ccc(Cl)cc2)SC(=S)N1C(=O)c1ccccn1. The second kappa shape index (κ2) is 6.62. The number of halogens is 1. The van der Waals surface area contributed by atoms with Gasteiger partial charge in [0.05, 0.1) is 4.91 Å². The molecule has 0 bridgehead atoms. The zero-order valence-corrected chi connectivity index (χ0v) is 14.0. The van der Waals surface area contributed by atoms with Crippen molar-refractivity contribution >= 4 is 57.8 Å². The molecule has 0 saturated carbocycles. The summed E-state index contributed by atoms with van der Waals surface area (Å²) in [7, 11) is 0. The molecule has 0 atom stereocenters. The normalized spacial score (nSPS) is 16.2. The van der Waals surface area contributed by atoms with E-state index in [0.29, 0.717) is 9.93 Å². The van der Waals surface area contributed by atoms with Crippen LogP contribution in [-0.4, -0.2) is 26.0 Å². The minimum atomic E-state index is -0.521. The Hall–Kier alpha value is -2.02. The van der Waals surface area contributed by atoms with Gasteiger partial charge in [-0.25, -0.2) is 4.90 Å². The van der Waals surface area contributed by atoms with E-state index < -0.39 is 11.8 Å². The predicted octanol–water partition coefficient (Wildman–Crippen LogP) is 3.78. The number of nitrogens with zero attached hydrogens (tertiary/aromatic N) is 2. The number of hydrogen-bond donors (Lipinski definition) is 0. The van der Waals surface area contributed by atoms with E-state index >= 15 is 0 Å². The molecule has 1 aliphatic heterocycles. The molecule has 1 fully saturated rings. The standard InChI is InChI=1S/C16H9ClN2O2S2/c17-11-6-4-10(5-7-11)9-13-15(21)19(16(22)23-13)14(20)12-3-1-2-8-18-12/h1-9H/b13-9+. The van der Waals surface area contributed by atoms with Crippen molar-refractivity contribution in [2.75, 3.05) is 0 Å². The number of carbonyl (C=O) groups excluding carboxylic acids is 2. The van der Waals surface area contributed by atoms with Crippen LogP contribution in [0.4, 0.5) is 0 Å². The maximum Gasteiger partial charge on any atom is 0.285 e. The Balaban J connectivity index is 1.88. The lowest BCUT2D eigenvalue weighted by atomic mass is 10.2. The molecule has 3 rings (SSSR count). The van der Waals surface area contributed by atoms with E-state index in [9.17, 15) is 9.59 Å². The predicted molar refractivity (Wildman–Crippen MR) is 95.0 cm³/mol. The summed E-state index contributed by atoms with van der Waals surface area (Å²) in [5, 5.41) is 0.611. The third kappa shape index (κ3) is 3.34. The van der Waals surface area contributed by atoms with E-state index in [0.717, 1.165) is 22.2 Å². The molecule has 2 heterocycles. The molecule has 7 heteroatoms. The Bertz CT molecular complexity index is 820. The van der Waals surface area contributed by atoms with Crippen LogP contribution in [0.2, 0.25) is 5.02 Å². The molecular formula is C16H9ClN2O2S2. The number of hydrogen-bond acceptors (Lipinski definition) is 5. The van der Waals surface area contributed by atoms with E-state index in [-0.39, 0.29) is 10.0 Å². The fourth-order valence-electron chi connectivity index (χ4n) is 1.96. The molecule has 2 aromatic rings. The minimum Gasteiger partial charge on any atom is -0.268 e.